The van der Waals surface area contributed by atoms with Crippen LogP contribution in [-0.2, 0) is 0 Å². The zero-order chi connectivity index (χ0) is 15.4. The molecule has 2 aromatic rings. The van der Waals surface area contributed by atoms with Crippen molar-refractivity contribution in [1.82, 2.24) is 24.6 Å². The molecule has 0 spiro atoms. The van der Waals surface area contributed by atoms with Gasteiger partial charge in [-0.1, -0.05) is 0 Å². The third kappa shape index (κ3) is 3.15. The van der Waals surface area contributed by atoms with E-state index < -0.39 is 0 Å². The summed E-state index contributed by atoms with van der Waals surface area (Å²) in [5.74, 6) is 0.0498. The number of rotatable bonds is 4. The monoisotopic (exact) mass is 301 g/mol. The van der Waals surface area contributed by atoms with E-state index >= 15 is 0 Å². The number of carbonyl (C=O) groups is 1. The molecule has 0 radical (unpaired) electrons. The van der Waals surface area contributed by atoms with Crippen LogP contribution in [0.1, 0.15) is 10.4 Å². The third-order valence-electron chi connectivity index (χ3n) is 3.87. The molecule has 1 N–H and O–H groups in total. The molecule has 1 aromatic carbocycles. The molecule has 1 saturated heterocycles. The maximum absolute atomic E-state index is 12.5. The molecule has 1 aliphatic rings. The van der Waals surface area contributed by atoms with Gasteiger partial charge in [0.05, 0.1) is 12.3 Å². The Balaban J connectivity index is 1.63. The minimum absolute atomic E-state index is 0.0498. The maximum atomic E-state index is 12.5. The largest absolute Gasteiger partial charge is 0.395 e. The molecule has 1 aromatic heterocycles. The van der Waals surface area contributed by atoms with Gasteiger partial charge >= 0.3 is 0 Å². The summed E-state index contributed by atoms with van der Waals surface area (Å²) in [5, 5.41) is 13.0. The topological polar surface area (TPSA) is 74.5 Å². The summed E-state index contributed by atoms with van der Waals surface area (Å²) in [6, 6.07) is 7.37. The lowest BCUT2D eigenvalue weighted by atomic mass is 10.1. The Labute approximate surface area is 128 Å². The fourth-order valence-electron chi connectivity index (χ4n) is 2.60. The van der Waals surface area contributed by atoms with Crippen molar-refractivity contribution in [3.63, 3.8) is 0 Å². The Bertz CT molecular complexity index is 603. The number of aromatic nitrogens is 3. The average Bonchev–Trinajstić information content (AvgIpc) is 3.10. The van der Waals surface area contributed by atoms with Crippen molar-refractivity contribution in [1.29, 1.82) is 0 Å². The van der Waals surface area contributed by atoms with Crippen LogP contribution in [0.15, 0.2) is 36.9 Å². The fourth-order valence-corrected chi connectivity index (χ4v) is 2.60. The Hall–Kier alpha value is -2.25. The van der Waals surface area contributed by atoms with Gasteiger partial charge in [0, 0.05) is 38.3 Å². The molecule has 0 atom stereocenters. The zero-order valence-corrected chi connectivity index (χ0v) is 12.3. The molecule has 7 nitrogen and oxygen atoms in total. The maximum Gasteiger partial charge on any atom is 0.253 e. The molecule has 0 unspecified atom stereocenters. The number of aliphatic hydroxyl groups is 1. The molecule has 0 saturated carbocycles. The van der Waals surface area contributed by atoms with E-state index in [0.717, 1.165) is 18.8 Å². The smallest absolute Gasteiger partial charge is 0.253 e. The van der Waals surface area contributed by atoms with E-state index in [-0.39, 0.29) is 12.5 Å². The predicted octanol–water partition coefficient (Wildman–Crippen LogP) is 0.0174. The molecule has 1 amide bonds. The number of benzene rings is 1. The fraction of sp³-hybridized carbons (Fsp3) is 0.400. The second-order valence-electron chi connectivity index (χ2n) is 5.24. The van der Waals surface area contributed by atoms with Crippen molar-refractivity contribution in [3.8, 4) is 5.69 Å². The number of β-amino-alcohol motifs (C(OH)–C–C–N with tert-alkyl or cyclic N) is 1. The standard InChI is InChI=1S/C15H19N5O2/c21-10-9-18-5-7-19(8-6-18)15(22)13-1-3-14(4-2-13)20-12-16-11-17-20/h1-4,11-12,21H,5-10H2. The molecular weight excluding hydrogens is 282 g/mol. The van der Waals surface area contributed by atoms with Crippen molar-refractivity contribution in [2.45, 2.75) is 0 Å². The van der Waals surface area contributed by atoms with Gasteiger partial charge in [-0.15, -0.1) is 0 Å². The molecular formula is C15H19N5O2. The number of carbonyl (C=O) groups excluding carboxylic acids is 1. The van der Waals surface area contributed by atoms with Gasteiger partial charge in [-0.2, -0.15) is 5.10 Å². The van der Waals surface area contributed by atoms with E-state index in [1.54, 1.807) is 11.0 Å². The average molecular weight is 301 g/mol. The number of nitrogens with zero attached hydrogens (tertiary/aromatic N) is 5. The van der Waals surface area contributed by atoms with Crippen molar-refractivity contribution in [2.24, 2.45) is 0 Å². The van der Waals surface area contributed by atoms with Crippen LogP contribution in [0.2, 0.25) is 0 Å². The van der Waals surface area contributed by atoms with Crippen molar-refractivity contribution >= 4 is 5.91 Å². The van der Waals surface area contributed by atoms with E-state index in [9.17, 15) is 4.79 Å². The quantitative estimate of drug-likeness (QED) is 0.861. The number of hydrogen-bond acceptors (Lipinski definition) is 5. The van der Waals surface area contributed by atoms with E-state index in [2.05, 4.69) is 15.0 Å². The van der Waals surface area contributed by atoms with Gasteiger partial charge in [-0.05, 0) is 24.3 Å². The number of amides is 1. The van der Waals surface area contributed by atoms with E-state index in [4.69, 9.17) is 5.11 Å². The normalized spacial score (nSPS) is 16.0. The van der Waals surface area contributed by atoms with Crippen molar-refractivity contribution < 1.29 is 9.90 Å². The first-order valence-corrected chi connectivity index (χ1v) is 7.35. The van der Waals surface area contributed by atoms with Crippen LogP contribution < -0.4 is 0 Å². The summed E-state index contributed by atoms with van der Waals surface area (Å²) in [4.78, 5) is 20.4. The Morgan fingerprint density at radius 3 is 2.45 bits per heavy atom. The van der Waals surface area contributed by atoms with Gasteiger partial charge in [0.1, 0.15) is 12.7 Å². The third-order valence-corrected chi connectivity index (χ3v) is 3.87. The van der Waals surface area contributed by atoms with Crippen LogP contribution >= 0.6 is 0 Å². The van der Waals surface area contributed by atoms with E-state index in [0.29, 0.717) is 25.2 Å². The summed E-state index contributed by atoms with van der Waals surface area (Å²) < 4.78 is 1.65. The van der Waals surface area contributed by atoms with Crippen LogP contribution in [-0.4, -0.2) is 74.9 Å². The van der Waals surface area contributed by atoms with Gasteiger partial charge < -0.3 is 10.0 Å². The molecule has 3 rings (SSSR count). The SMILES string of the molecule is O=C(c1ccc(-n2cncn2)cc1)N1CCN(CCO)CC1. The minimum Gasteiger partial charge on any atom is -0.395 e. The molecule has 7 heteroatoms. The molecule has 116 valence electrons. The van der Waals surface area contributed by atoms with Crippen molar-refractivity contribution in [3.05, 3.63) is 42.5 Å². The molecule has 22 heavy (non-hydrogen) atoms. The second-order valence-corrected chi connectivity index (χ2v) is 5.24. The highest BCUT2D eigenvalue weighted by molar-refractivity contribution is 5.94. The highest BCUT2D eigenvalue weighted by Crippen LogP contribution is 2.12. The molecule has 0 aliphatic carbocycles. The minimum atomic E-state index is 0.0498. The van der Waals surface area contributed by atoms with Crippen LogP contribution in [0.4, 0.5) is 0 Å². The van der Waals surface area contributed by atoms with Gasteiger partial charge in [0.2, 0.25) is 0 Å². The van der Waals surface area contributed by atoms with Crippen molar-refractivity contribution in [2.75, 3.05) is 39.3 Å². The summed E-state index contributed by atoms with van der Waals surface area (Å²) >= 11 is 0. The lowest BCUT2D eigenvalue weighted by molar-refractivity contribution is 0.0615. The number of piperazine rings is 1. The highest BCUT2D eigenvalue weighted by Gasteiger charge is 2.21. The Kier molecular flexibility index (Phi) is 4.45. The molecule has 2 heterocycles. The van der Waals surface area contributed by atoms with Gasteiger partial charge in [0.15, 0.2) is 0 Å². The van der Waals surface area contributed by atoms with Crippen LogP contribution in [0.5, 0.6) is 0 Å². The zero-order valence-electron chi connectivity index (χ0n) is 12.3. The van der Waals surface area contributed by atoms with Crippen LogP contribution in [0, 0.1) is 0 Å². The van der Waals surface area contributed by atoms with E-state index in [1.807, 2.05) is 29.2 Å². The first-order valence-electron chi connectivity index (χ1n) is 7.35. The van der Waals surface area contributed by atoms with Gasteiger partial charge in [-0.25, -0.2) is 9.67 Å². The lowest BCUT2D eigenvalue weighted by Crippen LogP contribution is -2.49. The Morgan fingerprint density at radius 2 is 1.86 bits per heavy atom. The molecule has 1 aliphatic heterocycles. The summed E-state index contributed by atoms with van der Waals surface area (Å²) in [7, 11) is 0. The lowest BCUT2D eigenvalue weighted by Gasteiger charge is -2.34. The first-order chi connectivity index (χ1) is 10.8. The Morgan fingerprint density at radius 1 is 1.14 bits per heavy atom. The first kappa shape index (κ1) is 14.7. The second kappa shape index (κ2) is 6.67. The summed E-state index contributed by atoms with van der Waals surface area (Å²) in [6.45, 7) is 3.85. The van der Waals surface area contributed by atoms with Gasteiger partial charge in [-0.3, -0.25) is 9.69 Å². The summed E-state index contributed by atoms with van der Waals surface area (Å²) in [5.41, 5.74) is 1.56. The number of aliphatic hydroxyl groups excluding tert-OH is 1. The van der Waals surface area contributed by atoms with E-state index in [1.165, 1.54) is 6.33 Å². The summed E-state index contributed by atoms with van der Waals surface area (Å²) in [6.07, 6.45) is 3.10. The molecule has 1 fully saturated rings. The highest BCUT2D eigenvalue weighted by atomic mass is 16.3. The number of hydrogen-bond donors (Lipinski definition) is 1. The molecule has 0 bridgehead atoms. The van der Waals surface area contributed by atoms with Crippen LogP contribution in [0.25, 0.3) is 5.69 Å². The predicted molar refractivity (Wildman–Crippen MR) is 80.8 cm³/mol. The van der Waals surface area contributed by atoms with Crippen LogP contribution in [0.3, 0.4) is 0 Å². The van der Waals surface area contributed by atoms with Gasteiger partial charge in [0.25, 0.3) is 5.91 Å².